The second-order valence-corrected chi connectivity index (χ2v) is 36.2. The maximum atomic E-state index is 12.6. The summed E-state index contributed by atoms with van der Waals surface area (Å²) in [6.45, 7) is 6.02. The van der Waals surface area contributed by atoms with E-state index in [-0.39, 0.29) is 107 Å². The second-order valence-electron chi connectivity index (χ2n) is 27.1. The van der Waals surface area contributed by atoms with Crippen LogP contribution in [0, 0.1) is 11.3 Å². The normalized spacial score (nSPS) is 10.9. The first-order chi connectivity index (χ1) is 56.1. The SMILES string of the molecule is C.CC(=O)c1ccc(CNC(=O)c2ccccc2NS(C)(=O)=O)cc1.CC(=O)c1cccc(CC(=O)c2ccccc2NS(C)(=O)=O)c1.CCCCc1ccc(CC(=O)c2ccccc2CS(C)(=O)=O)cc1.COCCc1ccc(NC(=O)c2ccccc2NS(C)(=O)=O)cc1.COc1ccc(NC(=O)c2ccccc2NS(C)(=O)=O)cc1C#N. The highest BCUT2D eigenvalue weighted by molar-refractivity contribution is 7.92. The Morgan fingerprint density at radius 1 is 0.400 bits per heavy atom. The zero-order valence-electron chi connectivity index (χ0n) is 67.1. The summed E-state index contributed by atoms with van der Waals surface area (Å²) in [5.41, 5.74) is 10.3. The van der Waals surface area contributed by atoms with E-state index in [9.17, 15) is 75.7 Å². The summed E-state index contributed by atoms with van der Waals surface area (Å²) >= 11 is 0. The highest BCUT2D eigenvalue weighted by Crippen LogP contribution is 2.27. The minimum Gasteiger partial charge on any atom is -0.495 e. The molecule has 0 aliphatic rings. The number of Topliss-reactive ketones (excluding diaryl/α,β-unsaturated/α-hetero) is 4. The third-order valence-electron chi connectivity index (χ3n) is 16.8. The molecule has 634 valence electrons. The highest BCUT2D eigenvalue weighted by atomic mass is 32.2. The number of carbonyl (C=O) groups excluding carboxylic acids is 7. The molecular formula is C88H98N8O19S5. The fourth-order valence-electron chi connectivity index (χ4n) is 11.2. The summed E-state index contributed by atoms with van der Waals surface area (Å²) in [4.78, 5) is 84.8. The van der Waals surface area contributed by atoms with Gasteiger partial charge in [0.15, 0.2) is 33.0 Å². The van der Waals surface area contributed by atoms with Gasteiger partial charge in [-0.1, -0.05) is 172 Å². The number of ketones is 4. The van der Waals surface area contributed by atoms with Crippen molar-refractivity contribution < 1.29 is 85.1 Å². The van der Waals surface area contributed by atoms with Gasteiger partial charge in [0.05, 0.1) is 89.5 Å². The van der Waals surface area contributed by atoms with Crippen molar-refractivity contribution in [2.75, 3.05) is 81.6 Å². The molecule has 0 aliphatic heterocycles. The molecule has 3 amide bonds. The van der Waals surface area contributed by atoms with Crippen molar-refractivity contribution in [2.45, 2.75) is 79.0 Å². The number of hydrogen-bond donors (Lipinski definition) is 7. The number of nitrogens with zero attached hydrogens (tertiary/aromatic N) is 1. The lowest BCUT2D eigenvalue weighted by Crippen LogP contribution is -2.24. The average Bonchev–Trinajstić information content (AvgIpc) is 0.858. The van der Waals surface area contributed by atoms with E-state index in [1.54, 1.807) is 183 Å². The summed E-state index contributed by atoms with van der Waals surface area (Å²) in [6.07, 6.45) is 9.84. The van der Waals surface area contributed by atoms with Gasteiger partial charge in [-0.2, -0.15) is 5.26 Å². The lowest BCUT2D eigenvalue weighted by molar-refractivity contribution is 0.0947. The van der Waals surface area contributed by atoms with Crippen molar-refractivity contribution in [3.8, 4) is 11.8 Å². The molecule has 0 aromatic heterocycles. The van der Waals surface area contributed by atoms with Crippen LogP contribution in [0.1, 0.15) is 152 Å². The number of nitriles is 1. The van der Waals surface area contributed by atoms with E-state index in [2.05, 4.69) is 53.9 Å². The van der Waals surface area contributed by atoms with Crippen LogP contribution in [0.4, 0.5) is 34.1 Å². The van der Waals surface area contributed by atoms with Crippen LogP contribution in [0.25, 0.3) is 0 Å². The molecule has 10 rings (SSSR count). The molecular weight excluding hydrogens is 1630 g/mol. The van der Waals surface area contributed by atoms with Crippen molar-refractivity contribution in [1.29, 1.82) is 5.26 Å². The third kappa shape index (κ3) is 35.0. The van der Waals surface area contributed by atoms with Crippen LogP contribution in [-0.4, -0.2) is 135 Å². The Morgan fingerprint density at radius 3 is 1.26 bits per heavy atom. The molecule has 0 aliphatic carbocycles. The zero-order valence-corrected chi connectivity index (χ0v) is 71.2. The van der Waals surface area contributed by atoms with E-state index in [1.165, 1.54) is 57.0 Å². The topological polar surface area (TPSA) is 417 Å². The number of sulfone groups is 1. The van der Waals surface area contributed by atoms with Gasteiger partial charge in [-0.05, 0) is 151 Å². The molecule has 0 fully saturated rings. The monoisotopic (exact) mass is 1730 g/mol. The fraction of sp³-hybridized carbons (Fsp3) is 0.227. The number of methoxy groups -OCH3 is 2. The van der Waals surface area contributed by atoms with Gasteiger partial charge in [0.2, 0.25) is 40.1 Å². The van der Waals surface area contributed by atoms with E-state index in [4.69, 9.17) is 14.7 Å². The minimum atomic E-state index is -3.52. The summed E-state index contributed by atoms with van der Waals surface area (Å²) in [6, 6.07) is 68.3. The minimum absolute atomic E-state index is 0. The summed E-state index contributed by atoms with van der Waals surface area (Å²) < 4.78 is 134. The maximum Gasteiger partial charge on any atom is 0.257 e. The van der Waals surface area contributed by atoms with Crippen LogP contribution < -0.4 is 39.6 Å². The number of nitrogens with one attached hydrogen (secondary N) is 7. The Hall–Kier alpha value is -12.5. The van der Waals surface area contributed by atoms with E-state index >= 15 is 0 Å². The third-order valence-corrected chi connectivity index (χ3v) is 20.0. The number of anilines is 6. The van der Waals surface area contributed by atoms with Gasteiger partial charge in [-0.15, -0.1) is 0 Å². The highest BCUT2D eigenvalue weighted by Gasteiger charge is 2.21. The van der Waals surface area contributed by atoms with E-state index < -0.39 is 61.7 Å². The van der Waals surface area contributed by atoms with Crippen LogP contribution in [0.15, 0.2) is 237 Å². The number of carbonyl (C=O) groups is 7. The fourth-order valence-corrected chi connectivity index (χ4v) is 14.3. The Kier molecular flexibility index (Phi) is 38.1. The summed E-state index contributed by atoms with van der Waals surface area (Å²) in [5, 5.41) is 17.2. The van der Waals surface area contributed by atoms with Gasteiger partial charge in [0, 0.05) is 66.4 Å². The number of hydrogen-bond acceptors (Lipinski definition) is 20. The van der Waals surface area contributed by atoms with Gasteiger partial charge in [0.1, 0.15) is 11.8 Å². The average molecular weight is 1730 g/mol. The molecule has 7 N–H and O–H groups in total. The molecule has 0 saturated heterocycles. The Balaban J connectivity index is 0.000000266. The van der Waals surface area contributed by atoms with Crippen LogP contribution in [0.3, 0.4) is 0 Å². The van der Waals surface area contributed by atoms with Gasteiger partial charge < -0.3 is 25.4 Å². The first-order valence-corrected chi connectivity index (χ1v) is 46.2. The number of aryl methyl sites for hydroxylation is 1. The predicted octanol–water partition coefficient (Wildman–Crippen LogP) is 14.2. The predicted molar refractivity (Wildman–Crippen MR) is 472 cm³/mol. The van der Waals surface area contributed by atoms with Crippen molar-refractivity contribution in [3.63, 3.8) is 0 Å². The Morgan fingerprint density at radius 2 is 0.800 bits per heavy atom. The Labute approximate surface area is 702 Å². The number of para-hydroxylation sites is 4. The van der Waals surface area contributed by atoms with Gasteiger partial charge >= 0.3 is 0 Å². The lowest BCUT2D eigenvalue weighted by atomic mass is 9.98. The summed E-state index contributed by atoms with van der Waals surface area (Å²) in [7, 11) is -14.0. The van der Waals surface area contributed by atoms with Crippen LogP contribution >= 0.6 is 0 Å². The van der Waals surface area contributed by atoms with E-state index in [0.29, 0.717) is 57.1 Å². The van der Waals surface area contributed by atoms with Crippen LogP contribution in [0.5, 0.6) is 5.75 Å². The van der Waals surface area contributed by atoms with Crippen LogP contribution in [-0.2, 0) is 92.6 Å². The first-order valence-electron chi connectivity index (χ1n) is 36.6. The molecule has 32 heteroatoms. The standard InChI is InChI=1S/C20H24O3S.C17H20N2O4S.C17H18N2O4S.C17H17NO4S.C16H15N3O4S.CH4/c1-3-4-7-16-10-12-17(13-11-16)14-20(21)19-9-6-5-8-18(19)15-24(2,22)23;1-23-12-11-13-7-9-14(10-8-13)18-17(20)15-5-3-4-6-16(15)19-24(2,21)22;1-12(20)14-9-7-13(8-10-14)11-18-17(21)15-5-3-4-6-16(15)19-24(2,22)23;1-12(19)14-7-5-6-13(10-14)11-17(20)15-8-3-4-9-16(15)18-23(2,21)22;1-23-15-8-7-12(9-11(15)10-17)18-16(20)13-5-3-4-6-14(13)19-24(2,21)22;/h5-6,8-13H,3-4,7,14-15H2,1-2H3;3-10,19H,11-12H2,1-2H3,(H,18,20);3-10,19H,11H2,1-2H3,(H,18,21);3-10,18H,11H2,1-2H3;3-9,19H,1-2H3,(H,18,20);1H4. The van der Waals surface area contributed by atoms with Gasteiger partial charge in [0.25, 0.3) is 17.7 Å². The lowest BCUT2D eigenvalue weighted by Gasteiger charge is -2.11. The number of sulfonamides is 4. The van der Waals surface area contributed by atoms with E-state index in [0.717, 1.165) is 67.4 Å². The molecule has 0 heterocycles. The van der Waals surface area contributed by atoms with Crippen molar-refractivity contribution in [1.82, 2.24) is 5.32 Å². The molecule has 0 bridgehead atoms. The quantitative estimate of drug-likeness (QED) is 0.0193. The van der Waals surface area contributed by atoms with Crippen molar-refractivity contribution in [3.05, 3.63) is 314 Å². The number of unbranched alkanes of at least 4 members (excludes halogenated alkanes) is 1. The van der Waals surface area contributed by atoms with Crippen molar-refractivity contribution in [2.24, 2.45) is 0 Å². The molecule has 0 spiro atoms. The molecule has 0 unspecified atom stereocenters. The zero-order chi connectivity index (χ0) is 87.7. The molecule has 0 radical (unpaired) electrons. The number of benzene rings is 10. The second kappa shape index (κ2) is 46.6. The smallest absolute Gasteiger partial charge is 0.257 e. The van der Waals surface area contributed by atoms with Crippen molar-refractivity contribution >= 4 is 125 Å². The first kappa shape index (κ1) is 98.1. The van der Waals surface area contributed by atoms with Gasteiger partial charge in [-0.3, -0.25) is 52.5 Å². The molecule has 0 atom stereocenters. The molecule has 10 aromatic carbocycles. The summed E-state index contributed by atoms with van der Waals surface area (Å²) in [5.74, 6) is -1.35. The number of amides is 3. The largest absolute Gasteiger partial charge is 0.495 e. The molecule has 120 heavy (non-hydrogen) atoms. The Bertz CT molecular complexity index is 5770. The van der Waals surface area contributed by atoms with E-state index in [1.807, 2.05) is 30.3 Å². The van der Waals surface area contributed by atoms with Gasteiger partial charge in [-0.25, -0.2) is 42.1 Å². The van der Waals surface area contributed by atoms with Crippen LogP contribution in [0.2, 0.25) is 0 Å². The maximum absolute atomic E-state index is 12.6. The molecule has 0 saturated carbocycles. The molecule has 27 nitrogen and oxygen atoms in total. The molecule has 10 aromatic rings. The number of ether oxygens (including phenoxy) is 2. The number of rotatable bonds is 32.